The second-order valence-corrected chi connectivity index (χ2v) is 8.73. The molecule has 32 heavy (non-hydrogen) atoms. The summed E-state index contributed by atoms with van der Waals surface area (Å²) >= 11 is 7.53. The summed E-state index contributed by atoms with van der Waals surface area (Å²) in [6.07, 6.45) is 3.30. The van der Waals surface area contributed by atoms with E-state index in [1.54, 1.807) is 6.07 Å². The molecule has 0 unspecified atom stereocenters. The highest BCUT2D eigenvalue weighted by molar-refractivity contribution is 7.13. The molecular formula is C22H17ClFN5O2S. The van der Waals surface area contributed by atoms with Gasteiger partial charge in [0, 0.05) is 11.6 Å². The van der Waals surface area contributed by atoms with Crippen molar-refractivity contribution in [1.29, 1.82) is 0 Å². The molecule has 1 aromatic carbocycles. The summed E-state index contributed by atoms with van der Waals surface area (Å²) in [5, 5.41) is 9.13. The lowest BCUT2D eigenvalue weighted by atomic mass is 9.97. The van der Waals surface area contributed by atoms with Crippen molar-refractivity contribution in [1.82, 2.24) is 19.7 Å². The number of aromatic amines is 1. The maximum Gasteiger partial charge on any atom is 0.261 e. The summed E-state index contributed by atoms with van der Waals surface area (Å²) in [5.41, 5.74) is 1.51. The van der Waals surface area contributed by atoms with Gasteiger partial charge < -0.3 is 5.32 Å². The molecule has 0 saturated carbocycles. The fraction of sp³-hybridized carbons (Fsp3) is 0.182. The van der Waals surface area contributed by atoms with Gasteiger partial charge in [-0.1, -0.05) is 23.7 Å². The highest BCUT2D eigenvalue weighted by Gasteiger charge is 2.22. The van der Waals surface area contributed by atoms with E-state index >= 15 is 0 Å². The Balaban J connectivity index is 1.61. The van der Waals surface area contributed by atoms with Crippen LogP contribution in [0.2, 0.25) is 5.02 Å². The predicted octanol–water partition coefficient (Wildman–Crippen LogP) is 4.61. The lowest BCUT2D eigenvalue weighted by Gasteiger charge is -2.15. The van der Waals surface area contributed by atoms with Gasteiger partial charge in [0.05, 0.1) is 21.2 Å². The van der Waals surface area contributed by atoms with E-state index in [2.05, 4.69) is 20.4 Å². The first-order chi connectivity index (χ1) is 15.5. The first-order valence-corrected chi connectivity index (χ1v) is 11.3. The molecule has 0 saturated heterocycles. The number of H-pyrrole nitrogens is 1. The Hall–Kier alpha value is -3.30. The van der Waals surface area contributed by atoms with Crippen molar-refractivity contribution in [3.63, 3.8) is 0 Å². The Morgan fingerprint density at radius 1 is 1.22 bits per heavy atom. The molecule has 5 rings (SSSR count). The van der Waals surface area contributed by atoms with Crippen molar-refractivity contribution < 1.29 is 9.18 Å². The summed E-state index contributed by atoms with van der Waals surface area (Å²) in [6.45, 7) is 0. The van der Waals surface area contributed by atoms with Crippen LogP contribution in [0.5, 0.6) is 0 Å². The summed E-state index contributed by atoms with van der Waals surface area (Å²) in [6, 6.07) is 9.45. The third kappa shape index (κ3) is 3.74. The largest absolute Gasteiger partial charge is 0.306 e. The number of rotatable bonds is 4. The average molecular weight is 470 g/mol. The number of fused-ring (bicyclic) bond motifs is 1. The topological polar surface area (TPSA) is 92.7 Å². The van der Waals surface area contributed by atoms with Gasteiger partial charge >= 0.3 is 0 Å². The molecule has 3 aromatic heterocycles. The molecule has 10 heteroatoms. The summed E-state index contributed by atoms with van der Waals surface area (Å²) in [7, 11) is 0. The number of hydrogen-bond donors (Lipinski definition) is 2. The van der Waals surface area contributed by atoms with E-state index in [1.165, 1.54) is 28.2 Å². The third-order valence-corrected chi connectivity index (χ3v) is 6.50. The number of hydrogen-bond acceptors (Lipinski definition) is 5. The van der Waals surface area contributed by atoms with Gasteiger partial charge in [-0.3, -0.25) is 14.6 Å². The van der Waals surface area contributed by atoms with E-state index in [-0.39, 0.29) is 27.9 Å². The van der Waals surface area contributed by atoms with Crippen molar-refractivity contribution in [2.24, 2.45) is 0 Å². The van der Waals surface area contributed by atoms with Crippen LogP contribution in [0.1, 0.15) is 34.5 Å². The summed E-state index contributed by atoms with van der Waals surface area (Å²) < 4.78 is 15.6. The molecule has 1 aliphatic rings. The van der Waals surface area contributed by atoms with Crippen LogP contribution >= 0.6 is 22.9 Å². The lowest BCUT2D eigenvalue weighted by molar-refractivity contribution is 0.102. The normalized spacial score (nSPS) is 13.1. The number of nitrogens with one attached hydrogen (secondary N) is 2. The van der Waals surface area contributed by atoms with Gasteiger partial charge in [-0.2, -0.15) is 9.78 Å². The first kappa shape index (κ1) is 20.6. The fourth-order valence-electron chi connectivity index (χ4n) is 3.76. The van der Waals surface area contributed by atoms with Crippen LogP contribution in [-0.2, 0) is 12.8 Å². The van der Waals surface area contributed by atoms with E-state index in [9.17, 15) is 14.0 Å². The molecule has 4 aromatic rings. The third-order valence-electron chi connectivity index (χ3n) is 5.29. The summed E-state index contributed by atoms with van der Waals surface area (Å²) in [5.74, 6) is -1.04. The molecule has 0 fully saturated rings. The van der Waals surface area contributed by atoms with E-state index in [4.69, 9.17) is 11.6 Å². The summed E-state index contributed by atoms with van der Waals surface area (Å²) in [4.78, 5) is 33.8. The minimum absolute atomic E-state index is 0.00708. The zero-order valence-electron chi connectivity index (χ0n) is 16.7. The molecule has 0 atom stereocenters. The number of aromatic nitrogens is 4. The van der Waals surface area contributed by atoms with E-state index < -0.39 is 11.7 Å². The van der Waals surface area contributed by atoms with Gasteiger partial charge in [-0.15, -0.1) is 11.3 Å². The maximum absolute atomic E-state index is 14.3. The van der Waals surface area contributed by atoms with E-state index in [1.807, 2.05) is 17.5 Å². The molecule has 1 aliphatic carbocycles. The zero-order chi connectivity index (χ0) is 22.2. The Labute approximate surface area is 190 Å². The van der Waals surface area contributed by atoms with Crippen LogP contribution in [0.4, 0.5) is 10.2 Å². The number of halogens is 2. The zero-order valence-corrected chi connectivity index (χ0v) is 18.3. The minimum Gasteiger partial charge on any atom is -0.306 e. The molecule has 1 amide bonds. The molecular weight excluding hydrogens is 453 g/mol. The van der Waals surface area contributed by atoms with Crippen molar-refractivity contribution in [3.8, 4) is 16.5 Å². The van der Waals surface area contributed by atoms with Crippen LogP contribution in [0, 0.1) is 5.82 Å². The Bertz CT molecular complexity index is 1360. The van der Waals surface area contributed by atoms with Crippen LogP contribution in [0.25, 0.3) is 16.5 Å². The fourth-order valence-corrected chi connectivity index (χ4v) is 4.69. The highest BCUT2D eigenvalue weighted by Crippen LogP contribution is 2.29. The number of anilines is 1. The van der Waals surface area contributed by atoms with Crippen molar-refractivity contribution >= 4 is 34.7 Å². The monoisotopic (exact) mass is 469 g/mol. The SMILES string of the molecule is O=C(Nc1cc(-c2cccs2)nn1-c1nc2c(c(=O)[nH]1)CCCC2)c1c(F)cccc1Cl. The van der Waals surface area contributed by atoms with E-state index in [0.29, 0.717) is 24.1 Å². The van der Waals surface area contributed by atoms with Crippen molar-refractivity contribution in [3.05, 3.63) is 79.8 Å². The van der Waals surface area contributed by atoms with Gasteiger partial charge in [0.2, 0.25) is 5.95 Å². The predicted molar refractivity (Wildman–Crippen MR) is 121 cm³/mol. The lowest BCUT2D eigenvalue weighted by Crippen LogP contribution is -2.25. The number of aryl methyl sites for hydroxylation is 1. The number of benzene rings is 1. The van der Waals surface area contributed by atoms with Crippen molar-refractivity contribution in [2.45, 2.75) is 25.7 Å². The highest BCUT2D eigenvalue weighted by atomic mass is 35.5. The molecule has 0 bridgehead atoms. The Morgan fingerprint density at radius 3 is 2.84 bits per heavy atom. The van der Waals surface area contributed by atoms with Gasteiger partial charge in [-0.25, -0.2) is 9.37 Å². The van der Waals surface area contributed by atoms with Gasteiger partial charge in [-0.05, 0) is 49.3 Å². The number of nitrogens with zero attached hydrogens (tertiary/aromatic N) is 3. The minimum atomic E-state index is -0.736. The van der Waals surface area contributed by atoms with E-state index in [0.717, 1.165) is 29.5 Å². The average Bonchev–Trinajstić information content (AvgIpc) is 3.44. The molecule has 7 nitrogen and oxygen atoms in total. The smallest absolute Gasteiger partial charge is 0.261 e. The number of carbonyl (C=O) groups excluding carboxylic acids is 1. The standard InChI is InChI=1S/C22H17ClFN5O2S/c23-13-6-3-7-14(24)19(13)21(31)26-18-11-16(17-9-4-10-32-17)28-29(18)22-25-15-8-2-1-5-12(15)20(30)27-22/h3-4,6-7,9-11H,1-2,5,8H2,(H,26,31)(H,25,27,30). The van der Waals surface area contributed by atoms with Crippen LogP contribution < -0.4 is 10.9 Å². The van der Waals surface area contributed by atoms with Crippen LogP contribution in [0.3, 0.4) is 0 Å². The van der Waals surface area contributed by atoms with Crippen LogP contribution in [0.15, 0.2) is 46.6 Å². The number of thiophene rings is 1. The van der Waals surface area contributed by atoms with Crippen molar-refractivity contribution in [2.75, 3.05) is 5.32 Å². The molecule has 0 spiro atoms. The first-order valence-electron chi connectivity index (χ1n) is 10.0. The Kier molecular flexibility index (Phi) is 5.36. The quantitative estimate of drug-likeness (QED) is 0.456. The molecule has 2 N–H and O–H groups in total. The van der Waals surface area contributed by atoms with Crippen LogP contribution in [-0.4, -0.2) is 25.7 Å². The second kappa shape index (κ2) is 8.33. The van der Waals surface area contributed by atoms with Gasteiger partial charge in [0.15, 0.2) is 0 Å². The number of carbonyl (C=O) groups is 1. The molecule has 162 valence electrons. The van der Waals surface area contributed by atoms with Gasteiger partial charge in [0.25, 0.3) is 11.5 Å². The second-order valence-electron chi connectivity index (χ2n) is 7.38. The van der Waals surface area contributed by atoms with Gasteiger partial charge in [0.1, 0.15) is 17.3 Å². The Morgan fingerprint density at radius 2 is 2.06 bits per heavy atom. The number of amides is 1. The molecule has 0 radical (unpaired) electrons. The molecule has 0 aliphatic heterocycles. The maximum atomic E-state index is 14.3. The molecule has 3 heterocycles.